The number of rotatable bonds is 8. The maximum Gasteiger partial charge on any atom is 0.255 e. The van der Waals surface area contributed by atoms with E-state index in [1.165, 1.54) is 0 Å². The molecule has 0 aromatic heterocycles. The second kappa shape index (κ2) is 9.27. The van der Waals surface area contributed by atoms with Gasteiger partial charge in [0.05, 0.1) is 5.41 Å². The summed E-state index contributed by atoms with van der Waals surface area (Å²) in [4.78, 5) is 23.0. The summed E-state index contributed by atoms with van der Waals surface area (Å²) in [6.07, 6.45) is 1.37. The molecule has 5 N–H and O–H groups in total. The summed E-state index contributed by atoms with van der Waals surface area (Å²) in [6, 6.07) is 6.75. The smallest absolute Gasteiger partial charge is 0.255 e. The summed E-state index contributed by atoms with van der Waals surface area (Å²) in [7, 11) is 0. The molecule has 0 aliphatic heterocycles. The molecule has 7 heteroatoms. The number of benzene rings is 1. The predicted molar refractivity (Wildman–Crippen MR) is 89.1 cm³/mol. The fraction of sp³-hybridized carbons (Fsp3) is 0.467. The summed E-state index contributed by atoms with van der Waals surface area (Å²) in [6.45, 7) is 4.05. The normalized spacial score (nSPS) is 10.5. The largest absolute Gasteiger partial charge is 0.484 e. The first kappa shape index (κ1) is 20.2. The number of hydrogen-bond acceptors (Lipinski definition) is 4. The molecule has 0 fully saturated rings. The van der Waals surface area contributed by atoms with Gasteiger partial charge in [-0.1, -0.05) is 13.8 Å². The van der Waals surface area contributed by atoms with Gasteiger partial charge in [0.1, 0.15) is 5.75 Å². The van der Waals surface area contributed by atoms with Crippen LogP contribution in [0, 0.1) is 5.41 Å². The van der Waals surface area contributed by atoms with Crippen molar-refractivity contribution < 1.29 is 14.3 Å². The van der Waals surface area contributed by atoms with Gasteiger partial charge in [-0.2, -0.15) is 0 Å². The van der Waals surface area contributed by atoms with Crippen LogP contribution in [-0.2, 0) is 9.59 Å². The highest BCUT2D eigenvalue weighted by atomic mass is 35.5. The molecule has 0 heterocycles. The molecule has 6 nitrogen and oxygen atoms in total. The molecule has 0 aliphatic carbocycles. The van der Waals surface area contributed by atoms with Crippen molar-refractivity contribution in [2.45, 2.75) is 26.7 Å². The zero-order chi connectivity index (χ0) is 15.9. The van der Waals surface area contributed by atoms with E-state index in [1.54, 1.807) is 24.3 Å². The minimum Gasteiger partial charge on any atom is -0.484 e. The molecule has 0 bridgehead atoms. The van der Waals surface area contributed by atoms with E-state index >= 15 is 0 Å². The van der Waals surface area contributed by atoms with E-state index in [0.29, 0.717) is 30.8 Å². The van der Waals surface area contributed by atoms with Gasteiger partial charge >= 0.3 is 0 Å². The molecule has 124 valence electrons. The van der Waals surface area contributed by atoms with E-state index in [1.807, 2.05) is 13.8 Å². The Kier molecular flexibility index (Phi) is 8.52. The van der Waals surface area contributed by atoms with Crippen LogP contribution in [0.1, 0.15) is 26.7 Å². The van der Waals surface area contributed by atoms with Crippen LogP contribution in [-0.4, -0.2) is 25.0 Å². The van der Waals surface area contributed by atoms with E-state index in [-0.39, 0.29) is 24.9 Å². The fourth-order valence-corrected chi connectivity index (χ4v) is 2.01. The van der Waals surface area contributed by atoms with Crippen LogP contribution in [0.15, 0.2) is 24.3 Å². The molecular weight excluding hydrogens is 306 g/mol. The number of amides is 2. The van der Waals surface area contributed by atoms with E-state index in [2.05, 4.69) is 5.32 Å². The standard InChI is InChI=1S/C15H23N3O3.ClH/c1-3-15(4-2,10-16)14(20)18-11-5-7-12(8-6-11)21-9-13(17)19;/h5-8H,3-4,9-10,16H2,1-2H3,(H2,17,19)(H,18,20);1H. The lowest BCUT2D eigenvalue weighted by Gasteiger charge is -2.28. The third-order valence-corrected chi connectivity index (χ3v) is 3.72. The van der Waals surface area contributed by atoms with Crippen molar-refractivity contribution in [2.75, 3.05) is 18.5 Å². The van der Waals surface area contributed by atoms with Crippen LogP contribution in [0.25, 0.3) is 0 Å². The van der Waals surface area contributed by atoms with Crippen LogP contribution >= 0.6 is 12.4 Å². The van der Waals surface area contributed by atoms with Crippen molar-refractivity contribution in [1.29, 1.82) is 0 Å². The van der Waals surface area contributed by atoms with Gasteiger partial charge < -0.3 is 21.5 Å². The number of carbonyl (C=O) groups excluding carboxylic acids is 2. The first-order valence-corrected chi connectivity index (χ1v) is 7.00. The van der Waals surface area contributed by atoms with Crippen molar-refractivity contribution >= 4 is 29.9 Å². The maximum absolute atomic E-state index is 12.3. The van der Waals surface area contributed by atoms with Crippen molar-refractivity contribution in [3.8, 4) is 5.75 Å². The van der Waals surface area contributed by atoms with Gasteiger partial charge in [-0.15, -0.1) is 12.4 Å². The lowest BCUT2D eigenvalue weighted by atomic mass is 9.81. The summed E-state index contributed by atoms with van der Waals surface area (Å²) < 4.78 is 5.15. The van der Waals surface area contributed by atoms with Crippen LogP contribution in [0.4, 0.5) is 5.69 Å². The Morgan fingerprint density at radius 2 is 1.73 bits per heavy atom. The van der Waals surface area contributed by atoms with Crippen LogP contribution in [0.5, 0.6) is 5.75 Å². The average molecular weight is 330 g/mol. The Bertz CT molecular complexity index is 479. The third kappa shape index (κ3) is 5.20. The maximum atomic E-state index is 12.3. The molecule has 1 aromatic carbocycles. The Labute approximate surface area is 137 Å². The Hall–Kier alpha value is -1.79. The Morgan fingerprint density at radius 3 is 2.14 bits per heavy atom. The molecule has 0 saturated carbocycles. The number of primary amides is 1. The van der Waals surface area contributed by atoms with E-state index in [4.69, 9.17) is 16.2 Å². The summed E-state index contributed by atoms with van der Waals surface area (Å²) in [5.74, 6) is -0.102. The Balaban J connectivity index is 0.00000441. The first-order valence-electron chi connectivity index (χ1n) is 7.00. The van der Waals surface area contributed by atoms with Gasteiger partial charge in [-0.3, -0.25) is 9.59 Å². The summed E-state index contributed by atoms with van der Waals surface area (Å²) in [5, 5.41) is 2.86. The van der Waals surface area contributed by atoms with Crippen molar-refractivity contribution in [1.82, 2.24) is 0 Å². The molecule has 1 aromatic rings. The summed E-state index contributed by atoms with van der Waals surface area (Å²) in [5.41, 5.74) is 10.9. The number of nitrogens with two attached hydrogens (primary N) is 2. The molecule has 0 aliphatic rings. The average Bonchev–Trinajstić information content (AvgIpc) is 2.49. The number of anilines is 1. The lowest BCUT2D eigenvalue weighted by molar-refractivity contribution is -0.125. The zero-order valence-corrected chi connectivity index (χ0v) is 13.7. The van der Waals surface area contributed by atoms with Gasteiger partial charge in [0.2, 0.25) is 5.91 Å². The monoisotopic (exact) mass is 329 g/mol. The highest BCUT2D eigenvalue weighted by Crippen LogP contribution is 2.27. The molecule has 0 atom stereocenters. The van der Waals surface area contributed by atoms with Crippen molar-refractivity contribution in [2.24, 2.45) is 16.9 Å². The van der Waals surface area contributed by atoms with E-state index < -0.39 is 11.3 Å². The predicted octanol–water partition coefficient (Wildman–Crippen LogP) is 1.68. The van der Waals surface area contributed by atoms with Crippen molar-refractivity contribution in [3.63, 3.8) is 0 Å². The van der Waals surface area contributed by atoms with Gasteiger partial charge in [-0.05, 0) is 37.1 Å². The quantitative estimate of drug-likeness (QED) is 0.674. The molecule has 0 saturated heterocycles. The topological polar surface area (TPSA) is 107 Å². The van der Waals surface area contributed by atoms with Crippen molar-refractivity contribution in [3.05, 3.63) is 24.3 Å². The SMILES string of the molecule is CCC(CC)(CN)C(=O)Nc1ccc(OCC(N)=O)cc1.Cl. The summed E-state index contributed by atoms with van der Waals surface area (Å²) >= 11 is 0. The lowest BCUT2D eigenvalue weighted by Crippen LogP contribution is -2.41. The van der Waals surface area contributed by atoms with Gasteiger partial charge in [-0.25, -0.2) is 0 Å². The number of carbonyl (C=O) groups is 2. The van der Waals surface area contributed by atoms with Gasteiger partial charge in [0.15, 0.2) is 6.61 Å². The highest BCUT2D eigenvalue weighted by Gasteiger charge is 2.33. The fourth-order valence-electron chi connectivity index (χ4n) is 2.01. The van der Waals surface area contributed by atoms with Crippen LogP contribution in [0.3, 0.4) is 0 Å². The molecule has 0 unspecified atom stereocenters. The Morgan fingerprint density at radius 1 is 1.18 bits per heavy atom. The minimum absolute atomic E-state index is 0. The van der Waals surface area contributed by atoms with E-state index in [0.717, 1.165) is 0 Å². The minimum atomic E-state index is -0.541. The zero-order valence-electron chi connectivity index (χ0n) is 12.9. The second-order valence-electron chi connectivity index (χ2n) is 4.93. The first-order chi connectivity index (χ1) is 9.97. The molecular formula is C15H24ClN3O3. The third-order valence-electron chi connectivity index (χ3n) is 3.72. The van der Waals surface area contributed by atoms with Gasteiger partial charge in [0.25, 0.3) is 5.91 Å². The van der Waals surface area contributed by atoms with E-state index in [9.17, 15) is 9.59 Å². The number of hydrogen-bond donors (Lipinski definition) is 3. The molecule has 22 heavy (non-hydrogen) atoms. The molecule has 0 radical (unpaired) electrons. The van der Waals surface area contributed by atoms with Crippen LogP contribution in [0.2, 0.25) is 0 Å². The number of ether oxygens (including phenoxy) is 1. The second-order valence-corrected chi connectivity index (χ2v) is 4.93. The number of halogens is 1. The molecule has 0 spiro atoms. The van der Waals surface area contributed by atoms with Crippen LogP contribution < -0.4 is 21.5 Å². The highest BCUT2D eigenvalue weighted by molar-refractivity contribution is 5.95. The number of nitrogens with one attached hydrogen (secondary N) is 1. The molecule has 2 amide bonds. The van der Waals surface area contributed by atoms with Gasteiger partial charge in [0, 0.05) is 12.2 Å². The molecule has 1 rings (SSSR count).